The normalized spacial score (nSPS) is 14.0. The highest BCUT2D eigenvalue weighted by Crippen LogP contribution is 2.24. The number of urea groups is 1. The first-order valence-corrected chi connectivity index (χ1v) is 11.7. The number of hydroxylamine groups is 3. The number of nitrogens with zero attached hydrogens (tertiary/aromatic N) is 2. The number of hydrazine groups is 1. The summed E-state index contributed by atoms with van der Waals surface area (Å²) in [7, 11) is 0. The SMILES string of the molecule is CC(=O)N(NCc1cccc(F)c1Cl)[C@@H](CNCC(F)F)CONC(=O)N1OCC=C1c1ccccc1. The fourth-order valence-corrected chi connectivity index (χ4v) is 3.73. The van der Waals surface area contributed by atoms with Crippen LogP contribution in [0.15, 0.2) is 54.6 Å². The second-order valence-electron chi connectivity index (χ2n) is 7.90. The van der Waals surface area contributed by atoms with E-state index in [1.807, 2.05) is 30.3 Å². The van der Waals surface area contributed by atoms with Crippen molar-refractivity contribution in [3.63, 3.8) is 0 Å². The molecule has 2 aromatic carbocycles. The first-order valence-electron chi connectivity index (χ1n) is 11.3. The maximum atomic E-state index is 13.8. The van der Waals surface area contributed by atoms with E-state index in [2.05, 4.69) is 16.2 Å². The van der Waals surface area contributed by atoms with E-state index in [0.717, 1.165) is 15.6 Å². The van der Waals surface area contributed by atoms with Crippen LogP contribution in [0.5, 0.6) is 0 Å². The van der Waals surface area contributed by atoms with Gasteiger partial charge in [0.2, 0.25) is 5.91 Å². The lowest BCUT2D eigenvalue weighted by molar-refractivity contribution is -0.138. The Balaban J connectivity index is 1.63. The number of alkyl halides is 2. The maximum absolute atomic E-state index is 13.8. The lowest BCUT2D eigenvalue weighted by atomic mass is 10.1. The van der Waals surface area contributed by atoms with Gasteiger partial charge in [0.25, 0.3) is 6.43 Å². The number of carbonyl (C=O) groups excluding carboxylic acids is 2. The second kappa shape index (κ2) is 14.0. The van der Waals surface area contributed by atoms with Crippen LogP contribution < -0.4 is 16.2 Å². The smallest absolute Gasteiger partial charge is 0.309 e. The summed E-state index contributed by atoms with van der Waals surface area (Å²) < 4.78 is 39.1. The summed E-state index contributed by atoms with van der Waals surface area (Å²) in [4.78, 5) is 35.7. The molecule has 0 spiro atoms. The van der Waals surface area contributed by atoms with Crippen molar-refractivity contribution in [2.45, 2.75) is 25.9 Å². The molecule has 1 heterocycles. The highest BCUT2D eigenvalue weighted by molar-refractivity contribution is 6.31. The molecule has 3 rings (SSSR count). The van der Waals surface area contributed by atoms with Gasteiger partial charge < -0.3 is 5.32 Å². The van der Waals surface area contributed by atoms with Crippen molar-refractivity contribution < 1.29 is 32.4 Å². The second-order valence-corrected chi connectivity index (χ2v) is 8.28. The number of amides is 3. The van der Waals surface area contributed by atoms with E-state index in [4.69, 9.17) is 21.3 Å². The number of hydrogen-bond donors (Lipinski definition) is 3. The van der Waals surface area contributed by atoms with E-state index in [-0.39, 0.29) is 31.3 Å². The minimum Gasteiger partial charge on any atom is -0.309 e. The van der Waals surface area contributed by atoms with Gasteiger partial charge >= 0.3 is 6.03 Å². The minimum absolute atomic E-state index is 0.0271. The van der Waals surface area contributed by atoms with Gasteiger partial charge in [0.05, 0.1) is 36.5 Å². The Morgan fingerprint density at radius 3 is 2.62 bits per heavy atom. The zero-order valence-corrected chi connectivity index (χ0v) is 20.7. The Labute approximate surface area is 217 Å². The highest BCUT2D eigenvalue weighted by atomic mass is 35.5. The Morgan fingerprint density at radius 1 is 1.16 bits per heavy atom. The van der Waals surface area contributed by atoms with Crippen LogP contribution in [0.25, 0.3) is 5.70 Å². The van der Waals surface area contributed by atoms with E-state index in [1.54, 1.807) is 12.1 Å². The van der Waals surface area contributed by atoms with Gasteiger partial charge in [0.1, 0.15) is 5.82 Å². The number of benzene rings is 2. The molecular formula is C24H27ClF3N5O4. The van der Waals surface area contributed by atoms with Crippen molar-refractivity contribution in [2.24, 2.45) is 0 Å². The van der Waals surface area contributed by atoms with Crippen LogP contribution in [-0.4, -0.2) is 60.8 Å². The summed E-state index contributed by atoms with van der Waals surface area (Å²) >= 11 is 5.98. The Kier molecular flexibility index (Phi) is 10.7. The summed E-state index contributed by atoms with van der Waals surface area (Å²) in [6, 6.07) is 11.8. The number of halogens is 4. The predicted octanol–water partition coefficient (Wildman–Crippen LogP) is 3.49. The van der Waals surface area contributed by atoms with E-state index >= 15 is 0 Å². The van der Waals surface area contributed by atoms with Gasteiger partial charge in [-0.15, -0.1) is 0 Å². The van der Waals surface area contributed by atoms with Gasteiger partial charge in [0, 0.05) is 25.6 Å². The Morgan fingerprint density at radius 2 is 1.92 bits per heavy atom. The van der Waals surface area contributed by atoms with Crippen LogP contribution in [0.4, 0.5) is 18.0 Å². The van der Waals surface area contributed by atoms with Crippen molar-refractivity contribution in [2.75, 3.05) is 26.3 Å². The summed E-state index contributed by atoms with van der Waals surface area (Å²) in [6.45, 7) is 0.428. The Hall–Kier alpha value is -3.16. The third-order valence-corrected chi connectivity index (χ3v) is 5.67. The molecule has 9 nitrogen and oxygen atoms in total. The molecule has 0 bridgehead atoms. The lowest BCUT2D eigenvalue weighted by Crippen LogP contribution is -2.55. The summed E-state index contributed by atoms with van der Waals surface area (Å²) in [5, 5.41) is 4.63. The van der Waals surface area contributed by atoms with E-state index in [9.17, 15) is 22.8 Å². The first kappa shape index (κ1) is 28.4. The number of hydrogen-bond acceptors (Lipinski definition) is 6. The maximum Gasteiger partial charge on any atom is 0.370 e. The minimum atomic E-state index is -2.61. The molecule has 0 aliphatic carbocycles. The molecule has 37 heavy (non-hydrogen) atoms. The molecule has 0 aromatic heterocycles. The van der Waals surface area contributed by atoms with Crippen molar-refractivity contribution in [1.29, 1.82) is 0 Å². The zero-order chi connectivity index (χ0) is 26.8. The Bertz CT molecular complexity index is 1090. The first-order chi connectivity index (χ1) is 17.8. The zero-order valence-electron chi connectivity index (χ0n) is 19.9. The molecule has 3 N–H and O–H groups in total. The molecule has 3 amide bonds. The van der Waals surface area contributed by atoms with E-state index in [0.29, 0.717) is 11.3 Å². The molecule has 13 heteroatoms. The summed E-state index contributed by atoms with van der Waals surface area (Å²) in [5.74, 6) is -1.09. The molecule has 200 valence electrons. The highest BCUT2D eigenvalue weighted by Gasteiger charge is 2.27. The van der Waals surface area contributed by atoms with Crippen LogP contribution in [0.3, 0.4) is 0 Å². The quantitative estimate of drug-likeness (QED) is 0.356. The van der Waals surface area contributed by atoms with Gasteiger partial charge in [0.15, 0.2) is 0 Å². The molecule has 0 saturated heterocycles. The molecule has 1 atom stereocenters. The molecule has 0 saturated carbocycles. The molecule has 0 unspecified atom stereocenters. The number of carbonyl (C=O) groups is 2. The molecule has 2 aromatic rings. The fourth-order valence-electron chi connectivity index (χ4n) is 3.53. The van der Waals surface area contributed by atoms with Crippen LogP contribution in [0.1, 0.15) is 18.1 Å². The standard InChI is InChI=1S/C24H27ClF3N5O4/c1-16(34)32(30-12-18-8-5-9-20(26)23(18)25)19(13-29-14-22(27)28)15-36-31-24(35)33-21(10-11-37-33)17-6-3-2-4-7-17/h2-10,19,22,29-30H,11-15H2,1H3,(H,31,35)/t19-/m0/s1. The monoisotopic (exact) mass is 541 g/mol. The largest absolute Gasteiger partial charge is 0.370 e. The van der Waals surface area contributed by atoms with Crippen LogP contribution in [0, 0.1) is 5.82 Å². The van der Waals surface area contributed by atoms with E-state index < -0.39 is 36.8 Å². The molecule has 1 aliphatic heterocycles. The van der Waals surface area contributed by atoms with Crippen LogP contribution >= 0.6 is 11.6 Å². The van der Waals surface area contributed by atoms with Crippen LogP contribution in [0.2, 0.25) is 5.02 Å². The molecule has 0 fully saturated rings. The number of rotatable bonds is 12. The average Bonchev–Trinajstić information content (AvgIpc) is 3.36. The number of nitrogens with one attached hydrogen (secondary N) is 3. The van der Waals surface area contributed by atoms with E-state index in [1.165, 1.54) is 19.1 Å². The van der Waals surface area contributed by atoms with Crippen molar-refractivity contribution >= 4 is 29.2 Å². The van der Waals surface area contributed by atoms with Crippen LogP contribution in [-0.2, 0) is 21.0 Å². The van der Waals surface area contributed by atoms with Gasteiger partial charge in [-0.2, -0.15) is 5.06 Å². The van der Waals surface area contributed by atoms with Gasteiger partial charge in [-0.3, -0.25) is 19.5 Å². The molecule has 0 radical (unpaired) electrons. The molecular weight excluding hydrogens is 515 g/mol. The predicted molar refractivity (Wildman–Crippen MR) is 130 cm³/mol. The van der Waals surface area contributed by atoms with Crippen molar-refractivity contribution in [1.82, 2.24) is 26.3 Å². The van der Waals surface area contributed by atoms with Gasteiger partial charge in [-0.25, -0.2) is 28.9 Å². The average molecular weight is 542 g/mol. The van der Waals surface area contributed by atoms with Gasteiger partial charge in [-0.05, 0) is 17.7 Å². The third-order valence-electron chi connectivity index (χ3n) is 5.24. The fraction of sp³-hybridized carbons (Fsp3) is 0.333. The third kappa shape index (κ3) is 8.17. The van der Waals surface area contributed by atoms with Crippen molar-refractivity contribution in [3.8, 4) is 0 Å². The van der Waals surface area contributed by atoms with Crippen molar-refractivity contribution in [3.05, 3.63) is 76.6 Å². The summed E-state index contributed by atoms with van der Waals surface area (Å²) in [5.41, 5.74) is 6.74. The van der Waals surface area contributed by atoms with Gasteiger partial charge in [-0.1, -0.05) is 54.1 Å². The summed E-state index contributed by atoms with van der Waals surface area (Å²) in [6.07, 6.45) is -0.882. The lowest BCUT2D eigenvalue weighted by Gasteiger charge is -2.31. The topological polar surface area (TPSA) is 95.2 Å². The molecule has 1 aliphatic rings.